The molecule has 15 heavy (non-hydrogen) atoms. The average molecular weight is 224 g/mol. The monoisotopic (exact) mass is 223 g/mol. The summed E-state index contributed by atoms with van der Waals surface area (Å²) in [6.07, 6.45) is 0. The van der Waals surface area contributed by atoms with Crippen LogP contribution in [0.4, 0.5) is 5.95 Å². The number of nitrogens with one attached hydrogen (secondary N) is 1. The second-order valence-corrected chi connectivity index (χ2v) is 3.51. The Bertz CT molecular complexity index is 525. The summed E-state index contributed by atoms with van der Waals surface area (Å²) in [7, 11) is 1.73. The van der Waals surface area contributed by atoms with Crippen molar-refractivity contribution in [1.82, 2.24) is 19.9 Å². The molecule has 2 heterocycles. The first-order valence-corrected chi connectivity index (χ1v) is 4.86. The summed E-state index contributed by atoms with van der Waals surface area (Å²) in [4.78, 5) is 16.8. The zero-order chi connectivity index (χ0) is 11.0. The molecule has 0 fully saturated rings. The Hall–Kier alpha value is -1.49. The first kappa shape index (κ1) is 10.0. The molecule has 0 unspecified atom stereocenters. The van der Waals surface area contributed by atoms with Crippen LogP contribution in [0.5, 0.6) is 0 Å². The maximum absolute atomic E-state index is 5.97. The van der Waals surface area contributed by atoms with Crippen molar-refractivity contribution < 1.29 is 0 Å². The van der Waals surface area contributed by atoms with Crippen molar-refractivity contribution >= 4 is 28.7 Å². The second-order valence-electron chi connectivity index (χ2n) is 3.15. The molecule has 1 N–H and O–H groups in total. The zero-order valence-electron chi connectivity index (χ0n) is 8.67. The Morgan fingerprint density at radius 2 is 1.67 bits per heavy atom. The molecule has 0 saturated heterocycles. The van der Waals surface area contributed by atoms with Gasteiger partial charge in [0.25, 0.3) is 0 Å². The van der Waals surface area contributed by atoms with Crippen molar-refractivity contribution in [2.75, 3.05) is 12.4 Å². The fraction of sp³-hybridized carbons (Fsp3) is 0.333. The lowest BCUT2D eigenvalue weighted by molar-refractivity contribution is 1.06. The Labute approximate surface area is 91.9 Å². The lowest BCUT2D eigenvalue weighted by atomic mass is 10.3. The minimum atomic E-state index is 0.319. The minimum absolute atomic E-state index is 0.319. The van der Waals surface area contributed by atoms with Crippen LogP contribution in [-0.2, 0) is 0 Å². The molecule has 2 rings (SSSR count). The molecule has 2 aromatic heterocycles. The zero-order valence-corrected chi connectivity index (χ0v) is 9.42. The molecule has 0 aliphatic rings. The van der Waals surface area contributed by atoms with Crippen LogP contribution in [0.3, 0.4) is 0 Å². The number of nitrogens with zero attached hydrogens (tertiary/aromatic N) is 4. The van der Waals surface area contributed by atoms with E-state index >= 15 is 0 Å². The number of hydrogen-bond acceptors (Lipinski definition) is 5. The van der Waals surface area contributed by atoms with E-state index in [1.165, 1.54) is 0 Å². The molecule has 0 aliphatic carbocycles. The molecular formula is C9H10ClN5. The SMILES string of the molecule is CNc1nc(Cl)c2nc(C)c(C)nc2n1. The van der Waals surface area contributed by atoms with Crippen molar-refractivity contribution in [3.05, 3.63) is 16.5 Å². The fourth-order valence-corrected chi connectivity index (χ4v) is 1.40. The number of aryl methyl sites for hydroxylation is 2. The van der Waals surface area contributed by atoms with Crippen LogP contribution in [0.15, 0.2) is 0 Å². The van der Waals surface area contributed by atoms with E-state index in [9.17, 15) is 0 Å². The van der Waals surface area contributed by atoms with E-state index in [2.05, 4.69) is 25.3 Å². The van der Waals surface area contributed by atoms with Gasteiger partial charge in [0, 0.05) is 7.05 Å². The predicted octanol–water partition coefficient (Wildman–Crippen LogP) is 1.73. The maximum atomic E-state index is 5.97. The summed E-state index contributed by atoms with van der Waals surface area (Å²) in [5.41, 5.74) is 2.74. The molecule has 0 amide bonds. The van der Waals surface area contributed by atoms with Gasteiger partial charge in [0.2, 0.25) is 5.95 Å². The van der Waals surface area contributed by atoms with Gasteiger partial charge in [0.05, 0.1) is 11.4 Å². The van der Waals surface area contributed by atoms with Gasteiger partial charge in [-0.05, 0) is 13.8 Å². The van der Waals surface area contributed by atoms with E-state index in [-0.39, 0.29) is 0 Å². The second kappa shape index (κ2) is 3.58. The van der Waals surface area contributed by atoms with Crippen molar-refractivity contribution in [2.45, 2.75) is 13.8 Å². The van der Waals surface area contributed by atoms with Gasteiger partial charge in [-0.2, -0.15) is 9.97 Å². The summed E-state index contributed by atoms with van der Waals surface area (Å²) in [6.45, 7) is 3.76. The van der Waals surface area contributed by atoms with Crippen molar-refractivity contribution in [1.29, 1.82) is 0 Å². The Morgan fingerprint density at radius 3 is 2.33 bits per heavy atom. The van der Waals surface area contributed by atoms with Gasteiger partial charge in [0.1, 0.15) is 5.52 Å². The summed E-state index contributed by atoms with van der Waals surface area (Å²) in [5.74, 6) is 0.449. The highest BCUT2D eigenvalue weighted by Gasteiger charge is 2.09. The van der Waals surface area contributed by atoms with Gasteiger partial charge in [-0.15, -0.1) is 0 Å². The summed E-state index contributed by atoms with van der Waals surface area (Å²) < 4.78 is 0. The van der Waals surface area contributed by atoms with Crippen molar-refractivity contribution in [3.63, 3.8) is 0 Å². The Balaban J connectivity index is 2.80. The molecule has 0 aliphatic heterocycles. The Kier molecular flexibility index (Phi) is 2.40. The molecule has 2 aromatic rings. The third kappa shape index (κ3) is 1.70. The topological polar surface area (TPSA) is 63.6 Å². The molecular weight excluding hydrogens is 214 g/mol. The predicted molar refractivity (Wildman–Crippen MR) is 59.2 cm³/mol. The Morgan fingerprint density at radius 1 is 1.00 bits per heavy atom. The molecule has 6 heteroatoms. The van der Waals surface area contributed by atoms with Gasteiger partial charge < -0.3 is 5.32 Å². The van der Waals surface area contributed by atoms with E-state index in [4.69, 9.17) is 11.6 Å². The van der Waals surface area contributed by atoms with Gasteiger partial charge in [-0.25, -0.2) is 9.97 Å². The summed E-state index contributed by atoms with van der Waals surface area (Å²) >= 11 is 5.97. The van der Waals surface area contributed by atoms with Crippen LogP contribution in [0.25, 0.3) is 11.2 Å². The van der Waals surface area contributed by atoms with Crippen LogP contribution in [0, 0.1) is 13.8 Å². The molecule has 0 bridgehead atoms. The van der Waals surface area contributed by atoms with Crippen molar-refractivity contribution in [2.24, 2.45) is 0 Å². The smallest absolute Gasteiger partial charge is 0.226 e. The number of halogens is 1. The maximum Gasteiger partial charge on any atom is 0.226 e. The largest absolute Gasteiger partial charge is 0.357 e. The first-order valence-electron chi connectivity index (χ1n) is 4.48. The molecule has 0 atom stereocenters. The molecule has 0 saturated carbocycles. The summed E-state index contributed by atoms with van der Waals surface area (Å²) in [6, 6.07) is 0. The van der Waals surface area contributed by atoms with E-state index in [1.54, 1.807) is 7.05 Å². The highest BCUT2D eigenvalue weighted by molar-refractivity contribution is 6.33. The molecule has 0 aromatic carbocycles. The van der Waals surface area contributed by atoms with Crippen LogP contribution in [-0.4, -0.2) is 27.0 Å². The third-order valence-electron chi connectivity index (χ3n) is 2.12. The highest BCUT2D eigenvalue weighted by Crippen LogP contribution is 2.19. The fourth-order valence-electron chi connectivity index (χ4n) is 1.19. The average Bonchev–Trinajstić information content (AvgIpc) is 2.21. The molecule has 78 valence electrons. The number of fused-ring (bicyclic) bond motifs is 1. The van der Waals surface area contributed by atoms with E-state index in [0.29, 0.717) is 22.3 Å². The van der Waals surface area contributed by atoms with Crippen LogP contribution in [0.1, 0.15) is 11.4 Å². The number of hydrogen-bond donors (Lipinski definition) is 1. The van der Waals surface area contributed by atoms with Crippen LogP contribution in [0.2, 0.25) is 5.15 Å². The van der Waals surface area contributed by atoms with Gasteiger partial charge in [0.15, 0.2) is 10.8 Å². The molecule has 0 spiro atoms. The first-order chi connectivity index (χ1) is 7.11. The number of rotatable bonds is 1. The van der Waals surface area contributed by atoms with Gasteiger partial charge in [-0.3, -0.25) is 0 Å². The summed E-state index contributed by atoms with van der Waals surface area (Å²) in [5, 5.41) is 3.14. The van der Waals surface area contributed by atoms with Crippen LogP contribution < -0.4 is 5.32 Å². The lowest BCUT2D eigenvalue weighted by Crippen LogP contribution is -2.02. The van der Waals surface area contributed by atoms with Crippen LogP contribution >= 0.6 is 11.6 Å². The van der Waals surface area contributed by atoms with E-state index in [1.807, 2.05) is 13.8 Å². The molecule has 0 radical (unpaired) electrons. The quantitative estimate of drug-likeness (QED) is 0.746. The standard InChI is InChI=1S/C9H10ClN5/c1-4-5(2)13-8-6(12-4)7(10)14-9(11-3)15-8/h1-3H3,(H,11,13,14,15). The number of aromatic nitrogens is 4. The number of anilines is 1. The van der Waals surface area contributed by atoms with Gasteiger partial charge in [-0.1, -0.05) is 11.6 Å². The van der Waals surface area contributed by atoms with Gasteiger partial charge >= 0.3 is 0 Å². The third-order valence-corrected chi connectivity index (χ3v) is 2.39. The molecule has 5 nitrogen and oxygen atoms in total. The normalized spacial score (nSPS) is 10.7. The minimum Gasteiger partial charge on any atom is -0.357 e. The van der Waals surface area contributed by atoms with E-state index < -0.39 is 0 Å². The lowest BCUT2D eigenvalue weighted by Gasteiger charge is -2.04. The van der Waals surface area contributed by atoms with Crippen molar-refractivity contribution in [3.8, 4) is 0 Å². The highest BCUT2D eigenvalue weighted by atomic mass is 35.5. The van der Waals surface area contributed by atoms with E-state index in [0.717, 1.165) is 11.4 Å².